The lowest BCUT2D eigenvalue weighted by atomic mass is 10.0. The van der Waals surface area contributed by atoms with Crippen LogP contribution in [0.25, 0.3) is 0 Å². The van der Waals surface area contributed by atoms with Crippen molar-refractivity contribution in [2.75, 3.05) is 11.4 Å². The van der Waals surface area contributed by atoms with Crippen molar-refractivity contribution in [3.63, 3.8) is 0 Å². The third-order valence-corrected chi connectivity index (χ3v) is 6.87. The summed E-state index contributed by atoms with van der Waals surface area (Å²) in [5, 5.41) is 13.5. The van der Waals surface area contributed by atoms with Gasteiger partial charge in [0.25, 0.3) is 11.8 Å². The molecule has 2 amide bonds. The zero-order valence-electron chi connectivity index (χ0n) is 18.6. The molecule has 2 N–H and O–H groups in total. The third kappa shape index (κ3) is 3.76. The number of fused-ring (bicyclic) bond motifs is 6. The molecule has 5 rings (SSSR count). The number of aromatic hydroxyl groups is 1. The van der Waals surface area contributed by atoms with E-state index >= 15 is 0 Å². The second-order valence-corrected chi connectivity index (χ2v) is 9.12. The number of aromatic nitrogens is 1. The maximum Gasteiger partial charge on any atom is 0.279 e. The summed E-state index contributed by atoms with van der Waals surface area (Å²) in [6.45, 7) is 1.30. The quantitative estimate of drug-likeness (QED) is 0.572. The molecule has 2 aliphatic rings. The highest BCUT2D eigenvalue weighted by Gasteiger charge is 2.38. The lowest BCUT2D eigenvalue weighted by Crippen LogP contribution is -2.44. The van der Waals surface area contributed by atoms with E-state index in [2.05, 4.69) is 5.32 Å². The Morgan fingerprint density at radius 2 is 1.94 bits per heavy atom. The lowest BCUT2D eigenvalue weighted by molar-refractivity contribution is 0.0929. The van der Waals surface area contributed by atoms with Gasteiger partial charge in [0.15, 0.2) is 11.4 Å². The predicted octanol–water partition coefficient (Wildman–Crippen LogP) is 3.87. The number of aryl methyl sites for hydroxylation is 1. The third-order valence-electron chi connectivity index (χ3n) is 6.51. The first kappa shape index (κ1) is 23.0. The molecule has 2 aromatic carbocycles. The van der Waals surface area contributed by atoms with Crippen LogP contribution in [0.3, 0.4) is 0 Å². The van der Waals surface area contributed by atoms with E-state index in [9.17, 15) is 28.3 Å². The van der Waals surface area contributed by atoms with Gasteiger partial charge in [-0.25, -0.2) is 8.78 Å². The molecule has 0 aliphatic carbocycles. The molecule has 3 aromatic rings. The van der Waals surface area contributed by atoms with Gasteiger partial charge in [0, 0.05) is 35.6 Å². The Morgan fingerprint density at radius 3 is 2.66 bits per heavy atom. The van der Waals surface area contributed by atoms with Gasteiger partial charge >= 0.3 is 0 Å². The molecule has 1 atom stereocenters. The van der Waals surface area contributed by atoms with Crippen LogP contribution in [0.4, 0.5) is 14.5 Å². The summed E-state index contributed by atoms with van der Waals surface area (Å²) in [7, 11) is 0. The molecule has 0 fully saturated rings. The van der Waals surface area contributed by atoms with E-state index in [-0.39, 0.29) is 23.8 Å². The minimum atomic E-state index is -1.04. The van der Waals surface area contributed by atoms with Crippen LogP contribution >= 0.6 is 11.6 Å². The van der Waals surface area contributed by atoms with Crippen molar-refractivity contribution in [3.8, 4) is 5.75 Å². The first-order chi connectivity index (χ1) is 16.7. The summed E-state index contributed by atoms with van der Waals surface area (Å²) in [6, 6.07) is 7.16. The van der Waals surface area contributed by atoms with Gasteiger partial charge in [-0.05, 0) is 55.2 Å². The summed E-state index contributed by atoms with van der Waals surface area (Å²) >= 11 is 6.35. The van der Waals surface area contributed by atoms with Crippen LogP contribution in [-0.4, -0.2) is 28.0 Å². The van der Waals surface area contributed by atoms with Crippen molar-refractivity contribution in [2.45, 2.75) is 32.4 Å². The molecule has 10 heteroatoms. The van der Waals surface area contributed by atoms with Crippen molar-refractivity contribution >= 4 is 29.1 Å². The molecule has 35 heavy (non-hydrogen) atoms. The van der Waals surface area contributed by atoms with Crippen molar-refractivity contribution in [3.05, 3.63) is 91.4 Å². The Balaban J connectivity index is 1.51. The van der Waals surface area contributed by atoms with Crippen molar-refractivity contribution in [1.29, 1.82) is 0 Å². The van der Waals surface area contributed by atoms with Gasteiger partial charge in [0.05, 0.1) is 6.04 Å². The molecular formula is C25H20ClF2N3O4. The molecule has 1 aromatic heterocycles. The van der Waals surface area contributed by atoms with Crippen molar-refractivity contribution < 1.29 is 23.5 Å². The molecule has 2 aliphatic heterocycles. The van der Waals surface area contributed by atoms with Crippen LogP contribution in [0.2, 0.25) is 5.02 Å². The molecular weight excluding hydrogens is 480 g/mol. The van der Waals surface area contributed by atoms with E-state index in [1.54, 1.807) is 18.2 Å². The number of amides is 2. The first-order valence-corrected chi connectivity index (χ1v) is 11.3. The molecule has 180 valence electrons. The van der Waals surface area contributed by atoms with Crippen LogP contribution in [-0.2, 0) is 13.0 Å². The first-order valence-electron chi connectivity index (χ1n) is 11.0. The molecule has 0 unspecified atom stereocenters. The zero-order valence-corrected chi connectivity index (χ0v) is 19.3. The minimum absolute atomic E-state index is 0.216. The van der Waals surface area contributed by atoms with Gasteiger partial charge in [0.2, 0.25) is 5.43 Å². The zero-order chi connectivity index (χ0) is 25.0. The molecule has 7 nitrogen and oxygen atoms in total. The van der Waals surface area contributed by atoms with E-state index in [4.69, 9.17) is 11.6 Å². The van der Waals surface area contributed by atoms with Crippen molar-refractivity contribution in [1.82, 2.24) is 9.88 Å². The van der Waals surface area contributed by atoms with E-state index < -0.39 is 46.7 Å². The smallest absolute Gasteiger partial charge is 0.279 e. The van der Waals surface area contributed by atoms with E-state index in [1.807, 2.05) is 0 Å². The Kier molecular flexibility index (Phi) is 5.59. The highest BCUT2D eigenvalue weighted by Crippen LogP contribution is 2.39. The molecule has 2 bridgehead atoms. The average molecular weight is 500 g/mol. The maximum atomic E-state index is 14.1. The summed E-state index contributed by atoms with van der Waals surface area (Å²) in [6.07, 6.45) is 2.31. The van der Waals surface area contributed by atoms with Crippen LogP contribution in [0.5, 0.6) is 5.75 Å². The number of nitrogens with zero attached hydrogens (tertiary/aromatic N) is 2. The summed E-state index contributed by atoms with van der Waals surface area (Å²) in [5.41, 5.74) is -0.244. The molecule has 0 saturated carbocycles. The van der Waals surface area contributed by atoms with Crippen LogP contribution in [0.1, 0.15) is 50.0 Å². The number of hydrogen-bond donors (Lipinski definition) is 2. The Labute approximate surface area is 203 Å². The van der Waals surface area contributed by atoms with Gasteiger partial charge in [0.1, 0.15) is 17.2 Å². The Hall–Kier alpha value is -3.72. The van der Waals surface area contributed by atoms with E-state index in [1.165, 1.54) is 22.6 Å². The van der Waals surface area contributed by atoms with E-state index in [0.717, 1.165) is 17.7 Å². The monoisotopic (exact) mass is 499 g/mol. The molecule has 3 heterocycles. The van der Waals surface area contributed by atoms with Crippen LogP contribution < -0.4 is 15.6 Å². The fourth-order valence-electron chi connectivity index (χ4n) is 4.75. The Bertz CT molecular complexity index is 1450. The summed E-state index contributed by atoms with van der Waals surface area (Å²) in [5.74, 6) is -4.01. The van der Waals surface area contributed by atoms with Crippen LogP contribution in [0.15, 0.2) is 41.3 Å². The maximum absolute atomic E-state index is 14.1. The van der Waals surface area contributed by atoms with Gasteiger partial charge < -0.3 is 19.9 Å². The number of benzene rings is 2. The fourth-order valence-corrected chi connectivity index (χ4v) is 5.01. The number of anilines is 1. The SMILES string of the molecule is Cc1cc(F)c(CNC(=O)c2cn3c(c(O)c2=O)C(=O)N2C[C@@H]3CCc3c(Cl)cccc32)c(F)c1. The van der Waals surface area contributed by atoms with Gasteiger partial charge in [-0.2, -0.15) is 0 Å². The second-order valence-electron chi connectivity index (χ2n) is 8.71. The molecule has 0 radical (unpaired) electrons. The summed E-state index contributed by atoms with van der Waals surface area (Å²) in [4.78, 5) is 40.5. The predicted molar refractivity (Wildman–Crippen MR) is 125 cm³/mol. The number of nitrogens with one attached hydrogen (secondary N) is 1. The largest absolute Gasteiger partial charge is 0.503 e. The van der Waals surface area contributed by atoms with E-state index in [0.29, 0.717) is 29.1 Å². The topological polar surface area (TPSA) is 91.6 Å². The van der Waals surface area contributed by atoms with Gasteiger partial charge in [-0.15, -0.1) is 0 Å². The number of rotatable bonds is 3. The highest BCUT2D eigenvalue weighted by molar-refractivity contribution is 6.32. The number of carbonyl (C=O) groups excluding carboxylic acids is 2. The highest BCUT2D eigenvalue weighted by atomic mass is 35.5. The molecule has 0 saturated heterocycles. The fraction of sp³-hybridized carbons (Fsp3) is 0.240. The summed E-state index contributed by atoms with van der Waals surface area (Å²) < 4.78 is 29.7. The van der Waals surface area contributed by atoms with Gasteiger partial charge in [-0.1, -0.05) is 17.7 Å². The number of halogens is 3. The molecule has 0 spiro atoms. The normalized spacial score (nSPS) is 16.4. The minimum Gasteiger partial charge on any atom is -0.503 e. The van der Waals surface area contributed by atoms with Crippen LogP contribution in [0, 0.1) is 18.6 Å². The number of pyridine rings is 1. The average Bonchev–Trinajstić information content (AvgIpc) is 2.98. The van der Waals surface area contributed by atoms with Gasteiger partial charge in [-0.3, -0.25) is 14.4 Å². The second kappa shape index (κ2) is 8.49. The van der Waals surface area contributed by atoms with Crippen molar-refractivity contribution in [2.24, 2.45) is 0 Å². The number of hydrogen-bond acceptors (Lipinski definition) is 4. The lowest BCUT2D eigenvalue weighted by Gasteiger charge is -2.35. The standard InChI is InChI=1S/C25H20ClF2N3O4/c1-12-7-18(27)15(19(28)8-12)9-29-24(34)16-11-30-13-5-6-14-17(26)3-2-4-20(14)31(10-13)25(35)21(30)23(33)22(16)32/h2-4,7-8,11,13,33H,5-6,9-10H2,1H3,(H,29,34)/t13-/m0/s1. The Morgan fingerprint density at radius 1 is 1.23 bits per heavy atom. The number of carbonyl (C=O) groups is 2.